The second-order valence-electron chi connectivity index (χ2n) is 8.24. The maximum atomic E-state index is 13.5. The maximum absolute atomic E-state index is 13.5. The molecule has 0 saturated carbocycles. The Bertz CT molecular complexity index is 936. The highest BCUT2D eigenvalue weighted by molar-refractivity contribution is 7.89. The predicted octanol–water partition coefficient (Wildman–Crippen LogP) is 4.09. The van der Waals surface area contributed by atoms with Crippen LogP contribution in [-0.2, 0) is 19.6 Å². The van der Waals surface area contributed by atoms with E-state index in [-0.39, 0.29) is 10.3 Å². The van der Waals surface area contributed by atoms with Gasteiger partial charge in [-0.15, -0.1) is 0 Å². The van der Waals surface area contributed by atoms with Gasteiger partial charge in [0.15, 0.2) is 0 Å². The molecule has 1 heterocycles. The van der Waals surface area contributed by atoms with E-state index < -0.39 is 28.1 Å². The minimum atomic E-state index is -3.72. The fraction of sp³-hybridized carbons (Fsp3) is 0.409. The van der Waals surface area contributed by atoms with Gasteiger partial charge < -0.3 is 4.74 Å². The first-order valence-corrected chi connectivity index (χ1v) is 10.8. The van der Waals surface area contributed by atoms with Gasteiger partial charge in [-0.25, -0.2) is 8.42 Å². The van der Waals surface area contributed by atoms with E-state index in [1.54, 1.807) is 24.3 Å². The fourth-order valence-corrected chi connectivity index (χ4v) is 5.64. The molecular formula is C22H27NO4S. The van der Waals surface area contributed by atoms with Gasteiger partial charge >= 0.3 is 5.97 Å². The van der Waals surface area contributed by atoms with E-state index in [4.69, 9.17) is 4.74 Å². The van der Waals surface area contributed by atoms with Gasteiger partial charge in [0, 0.05) is 13.5 Å². The Morgan fingerprint density at radius 1 is 1.11 bits per heavy atom. The minimum Gasteiger partial charge on any atom is -0.456 e. The molecule has 28 heavy (non-hydrogen) atoms. The summed E-state index contributed by atoms with van der Waals surface area (Å²) in [5.74, 6) is -0.425. The van der Waals surface area contributed by atoms with Crippen molar-refractivity contribution in [1.29, 1.82) is 0 Å². The van der Waals surface area contributed by atoms with Gasteiger partial charge in [0.25, 0.3) is 0 Å². The SMILES string of the molecule is CC(=O)O[C@@H](c1ccccc1)[C@H]1CC(C)(C)CN1S(=O)(=O)c1ccc(C)cc1. The Labute approximate surface area is 167 Å². The molecule has 0 aliphatic carbocycles. The number of aryl methyl sites for hydroxylation is 1. The lowest BCUT2D eigenvalue weighted by Crippen LogP contribution is -2.40. The highest BCUT2D eigenvalue weighted by Gasteiger charge is 2.48. The first kappa shape index (κ1) is 20.6. The Hall–Kier alpha value is -2.18. The molecule has 2 aromatic carbocycles. The minimum absolute atomic E-state index is 0.227. The van der Waals surface area contributed by atoms with E-state index >= 15 is 0 Å². The van der Waals surface area contributed by atoms with Crippen molar-refractivity contribution in [3.05, 3.63) is 65.7 Å². The summed E-state index contributed by atoms with van der Waals surface area (Å²) < 4.78 is 34.1. The van der Waals surface area contributed by atoms with E-state index in [9.17, 15) is 13.2 Å². The molecule has 1 aliphatic heterocycles. The molecule has 2 atom stereocenters. The van der Waals surface area contributed by atoms with Gasteiger partial charge in [0.1, 0.15) is 6.10 Å². The van der Waals surface area contributed by atoms with Crippen LogP contribution in [-0.4, -0.2) is 31.3 Å². The van der Waals surface area contributed by atoms with E-state index in [1.807, 2.05) is 51.1 Å². The molecule has 2 aromatic rings. The summed E-state index contributed by atoms with van der Waals surface area (Å²) >= 11 is 0. The van der Waals surface area contributed by atoms with Crippen LogP contribution < -0.4 is 0 Å². The summed E-state index contributed by atoms with van der Waals surface area (Å²) in [5, 5.41) is 0. The Balaban J connectivity index is 2.05. The van der Waals surface area contributed by atoms with E-state index in [0.29, 0.717) is 13.0 Å². The van der Waals surface area contributed by atoms with Crippen molar-refractivity contribution in [3.8, 4) is 0 Å². The van der Waals surface area contributed by atoms with Gasteiger partial charge in [-0.1, -0.05) is 61.9 Å². The molecule has 0 amide bonds. The zero-order valence-electron chi connectivity index (χ0n) is 16.8. The molecule has 150 valence electrons. The van der Waals surface area contributed by atoms with Gasteiger partial charge in [-0.3, -0.25) is 4.79 Å². The number of sulfonamides is 1. The topological polar surface area (TPSA) is 63.7 Å². The Morgan fingerprint density at radius 2 is 1.71 bits per heavy atom. The molecule has 3 rings (SSSR count). The van der Waals surface area contributed by atoms with Crippen molar-refractivity contribution in [2.45, 2.75) is 51.2 Å². The third-order valence-corrected chi connectivity index (χ3v) is 7.00. The van der Waals surface area contributed by atoms with E-state index in [1.165, 1.54) is 11.2 Å². The van der Waals surface area contributed by atoms with Crippen LogP contribution in [0.15, 0.2) is 59.5 Å². The molecule has 0 radical (unpaired) electrons. The molecule has 5 nitrogen and oxygen atoms in total. The molecule has 0 aromatic heterocycles. The molecule has 6 heteroatoms. The summed E-state index contributed by atoms with van der Waals surface area (Å²) in [6, 6.07) is 15.8. The van der Waals surface area contributed by atoms with Gasteiger partial charge in [0.05, 0.1) is 10.9 Å². The number of carbonyl (C=O) groups is 1. The first-order chi connectivity index (χ1) is 13.1. The molecule has 0 N–H and O–H groups in total. The van der Waals surface area contributed by atoms with Gasteiger partial charge in [-0.05, 0) is 36.5 Å². The van der Waals surface area contributed by atoms with Crippen LogP contribution >= 0.6 is 0 Å². The third kappa shape index (κ3) is 4.28. The lowest BCUT2D eigenvalue weighted by molar-refractivity contribution is -0.149. The summed E-state index contributed by atoms with van der Waals surface area (Å²) in [4.78, 5) is 12.1. The largest absolute Gasteiger partial charge is 0.456 e. The van der Waals surface area contributed by atoms with Crippen molar-refractivity contribution >= 4 is 16.0 Å². The second-order valence-corrected chi connectivity index (χ2v) is 10.1. The van der Waals surface area contributed by atoms with Crippen molar-refractivity contribution in [3.63, 3.8) is 0 Å². The van der Waals surface area contributed by atoms with Crippen molar-refractivity contribution < 1.29 is 17.9 Å². The van der Waals surface area contributed by atoms with E-state index in [2.05, 4.69) is 0 Å². The number of nitrogens with zero attached hydrogens (tertiary/aromatic N) is 1. The van der Waals surface area contributed by atoms with Gasteiger partial charge in [0.2, 0.25) is 10.0 Å². The average Bonchev–Trinajstić information content (AvgIpc) is 2.97. The Morgan fingerprint density at radius 3 is 2.29 bits per heavy atom. The zero-order chi connectivity index (χ0) is 20.5. The predicted molar refractivity (Wildman–Crippen MR) is 108 cm³/mol. The number of hydrogen-bond donors (Lipinski definition) is 0. The van der Waals surface area contributed by atoms with Gasteiger partial charge in [-0.2, -0.15) is 4.31 Å². The number of benzene rings is 2. The van der Waals surface area contributed by atoms with Crippen LogP contribution in [0.4, 0.5) is 0 Å². The van der Waals surface area contributed by atoms with Crippen molar-refractivity contribution in [1.82, 2.24) is 4.31 Å². The smallest absolute Gasteiger partial charge is 0.303 e. The number of ether oxygens (including phenoxy) is 1. The summed E-state index contributed by atoms with van der Waals surface area (Å²) in [5.41, 5.74) is 1.57. The zero-order valence-corrected chi connectivity index (χ0v) is 17.6. The Kier molecular flexibility index (Phi) is 5.64. The summed E-state index contributed by atoms with van der Waals surface area (Å²) in [7, 11) is -3.72. The first-order valence-electron chi connectivity index (χ1n) is 9.41. The van der Waals surface area contributed by atoms with Crippen molar-refractivity contribution in [2.75, 3.05) is 6.54 Å². The fourth-order valence-electron chi connectivity index (χ4n) is 3.83. The highest BCUT2D eigenvalue weighted by Crippen LogP contribution is 2.43. The van der Waals surface area contributed by atoms with Crippen LogP contribution in [0.2, 0.25) is 0 Å². The molecule has 0 bridgehead atoms. The molecule has 0 unspecified atom stereocenters. The molecule has 1 saturated heterocycles. The number of carbonyl (C=O) groups excluding carboxylic acids is 1. The number of hydrogen-bond acceptors (Lipinski definition) is 4. The third-order valence-electron chi connectivity index (χ3n) is 5.11. The molecule has 1 aliphatic rings. The standard InChI is InChI=1S/C22H27NO4S/c1-16-10-12-19(13-11-16)28(25,26)23-15-22(3,4)14-20(23)21(27-17(2)24)18-8-6-5-7-9-18/h5-13,20-21H,14-15H2,1-4H3/t20-,21+/m1/s1. The van der Waals surface area contributed by atoms with E-state index in [0.717, 1.165) is 11.1 Å². The second kappa shape index (κ2) is 7.68. The molecule has 1 fully saturated rings. The number of esters is 1. The van der Waals surface area contributed by atoms with Crippen LogP contribution in [0.25, 0.3) is 0 Å². The number of rotatable bonds is 5. The van der Waals surface area contributed by atoms with Crippen LogP contribution in [0.3, 0.4) is 0 Å². The maximum Gasteiger partial charge on any atom is 0.303 e. The van der Waals surface area contributed by atoms with Crippen molar-refractivity contribution in [2.24, 2.45) is 5.41 Å². The monoisotopic (exact) mass is 401 g/mol. The highest BCUT2D eigenvalue weighted by atomic mass is 32.2. The summed E-state index contributed by atoms with van der Waals surface area (Å²) in [6.45, 7) is 7.73. The summed E-state index contributed by atoms with van der Waals surface area (Å²) in [6.07, 6.45) is -0.0500. The molecular weight excluding hydrogens is 374 g/mol. The lowest BCUT2D eigenvalue weighted by Gasteiger charge is -2.30. The normalized spacial score (nSPS) is 20.6. The average molecular weight is 402 g/mol. The molecule has 0 spiro atoms. The lowest BCUT2D eigenvalue weighted by atomic mass is 9.88. The quantitative estimate of drug-likeness (QED) is 0.708. The van der Waals surface area contributed by atoms with Crippen LogP contribution in [0.1, 0.15) is 44.4 Å². The van der Waals surface area contributed by atoms with Crippen LogP contribution in [0.5, 0.6) is 0 Å². The van der Waals surface area contributed by atoms with Crippen LogP contribution in [0, 0.1) is 12.3 Å².